The third kappa shape index (κ3) is 2.55. The average molecular weight is 249 g/mol. The van der Waals surface area contributed by atoms with Crippen LogP contribution in [0, 0.1) is 5.82 Å². The number of ketones is 1. The number of rotatable bonds is 3. The van der Waals surface area contributed by atoms with Crippen molar-refractivity contribution in [2.75, 3.05) is 11.9 Å². The van der Waals surface area contributed by atoms with Crippen LogP contribution >= 0.6 is 0 Å². The van der Waals surface area contributed by atoms with Gasteiger partial charge in [-0.1, -0.05) is 25.3 Å². The van der Waals surface area contributed by atoms with Gasteiger partial charge in [0.1, 0.15) is 5.82 Å². The highest BCUT2D eigenvalue weighted by Gasteiger charge is 2.22. The highest BCUT2D eigenvalue weighted by Crippen LogP contribution is 2.29. The molecule has 0 N–H and O–H groups in total. The fourth-order valence-corrected chi connectivity index (χ4v) is 2.82. The Morgan fingerprint density at radius 3 is 2.56 bits per heavy atom. The fraction of sp³-hybridized carbons (Fsp3) is 0.533. The Morgan fingerprint density at radius 2 is 1.94 bits per heavy atom. The first-order chi connectivity index (χ1) is 8.61. The van der Waals surface area contributed by atoms with Gasteiger partial charge in [-0.3, -0.25) is 4.79 Å². The summed E-state index contributed by atoms with van der Waals surface area (Å²) in [5.41, 5.74) is 0.958. The van der Waals surface area contributed by atoms with Crippen LogP contribution in [-0.2, 0) is 0 Å². The lowest BCUT2D eigenvalue weighted by molar-refractivity contribution is 0.101. The zero-order valence-corrected chi connectivity index (χ0v) is 11.1. The van der Waals surface area contributed by atoms with Gasteiger partial charge >= 0.3 is 0 Å². The summed E-state index contributed by atoms with van der Waals surface area (Å²) in [5, 5.41) is 0. The molecule has 0 radical (unpaired) electrons. The van der Waals surface area contributed by atoms with Gasteiger partial charge in [0.2, 0.25) is 0 Å². The largest absolute Gasteiger partial charge is 0.371 e. The van der Waals surface area contributed by atoms with Gasteiger partial charge in [-0.25, -0.2) is 4.39 Å². The molecule has 98 valence electrons. The number of carbonyl (C=O) groups excluding carboxylic acids is 1. The zero-order chi connectivity index (χ0) is 13.1. The van der Waals surface area contributed by atoms with E-state index < -0.39 is 5.82 Å². The molecular weight excluding hydrogens is 229 g/mol. The molecule has 0 amide bonds. The molecule has 0 spiro atoms. The number of benzene rings is 1. The summed E-state index contributed by atoms with van der Waals surface area (Å²) >= 11 is 0. The van der Waals surface area contributed by atoms with E-state index in [-0.39, 0.29) is 11.3 Å². The molecule has 1 fully saturated rings. The lowest BCUT2D eigenvalue weighted by Gasteiger charge is -2.34. The number of nitrogens with zero attached hydrogens (tertiary/aromatic N) is 1. The van der Waals surface area contributed by atoms with Crippen LogP contribution in [0.15, 0.2) is 18.2 Å². The van der Waals surface area contributed by atoms with Crippen LogP contribution in [0.2, 0.25) is 0 Å². The second-order valence-corrected chi connectivity index (χ2v) is 5.09. The number of halogens is 1. The summed E-state index contributed by atoms with van der Waals surface area (Å²) in [6.07, 6.45) is 5.99. The fourth-order valence-electron chi connectivity index (χ4n) is 2.82. The van der Waals surface area contributed by atoms with E-state index >= 15 is 0 Å². The molecule has 2 nitrogen and oxygen atoms in total. The molecule has 1 aliphatic rings. The molecular formula is C15H20FNO. The summed E-state index contributed by atoms with van der Waals surface area (Å²) in [5.74, 6) is -0.617. The van der Waals surface area contributed by atoms with Gasteiger partial charge in [-0.2, -0.15) is 0 Å². The van der Waals surface area contributed by atoms with Crippen LogP contribution in [-0.4, -0.2) is 18.9 Å². The van der Waals surface area contributed by atoms with Crippen molar-refractivity contribution >= 4 is 11.5 Å². The highest BCUT2D eigenvalue weighted by atomic mass is 19.1. The maximum absolute atomic E-state index is 13.8. The number of Topliss-reactive ketones (excluding diaryl/α,β-unsaturated/α-hetero) is 1. The van der Waals surface area contributed by atoms with E-state index in [2.05, 4.69) is 4.90 Å². The average Bonchev–Trinajstić information content (AvgIpc) is 2.38. The van der Waals surface area contributed by atoms with E-state index in [1.807, 2.05) is 13.1 Å². The monoisotopic (exact) mass is 249 g/mol. The van der Waals surface area contributed by atoms with E-state index in [0.29, 0.717) is 6.04 Å². The van der Waals surface area contributed by atoms with Crippen LogP contribution in [0.3, 0.4) is 0 Å². The van der Waals surface area contributed by atoms with Gasteiger partial charge in [-0.15, -0.1) is 0 Å². The van der Waals surface area contributed by atoms with Crippen molar-refractivity contribution in [1.82, 2.24) is 0 Å². The highest BCUT2D eigenvalue weighted by molar-refractivity contribution is 6.00. The summed E-state index contributed by atoms with van der Waals surface area (Å²) in [7, 11) is 1.97. The van der Waals surface area contributed by atoms with Crippen LogP contribution in [0.4, 0.5) is 10.1 Å². The van der Waals surface area contributed by atoms with Gasteiger partial charge in [0, 0.05) is 13.1 Å². The number of hydrogen-bond donors (Lipinski definition) is 0. The first-order valence-electron chi connectivity index (χ1n) is 6.63. The molecule has 1 aliphatic carbocycles. The third-order valence-electron chi connectivity index (χ3n) is 3.85. The zero-order valence-electron chi connectivity index (χ0n) is 11.1. The molecule has 0 heterocycles. The Kier molecular flexibility index (Phi) is 4.00. The maximum Gasteiger partial charge on any atom is 0.164 e. The van der Waals surface area contributed by atoms with Crippen molar-refractivity contribution < 1.29 is 9.18 Å². The van der Waals surface area contributed by atoms with Crippen molar-refractivity contribution in [3.05, 3.63) is 29.6 Å². The van der Waals surface area contributed by atoms with Crippen LogP contribution < -0.4 is 4.90 Å². The molecule has 18 heavy (non-hydrogen) atoms. The quantitative estimate of drug-likeness (QED) is 0.759. The SMILES string of the molecule is CC(=O)c1c(F)cccc1N(C)C1CCCCC1. The minimum absolute atomic E-state index is 0.203. The normalized spacial score (nSPS) is 16.6. The van der Waals surface area contributed by atoms with Crippen molar-refractivity contribution in [2.45, 2.75) is 45.1 Å². The molecule has 0 aromatic heterocycles. The van der Waals surface area contributed by atoms with Crippen LogP contribution in [0.5, 0.6) is 0 Å². The molecule has 0 saturated heterocycles. The predicted molar refractivity (Wildman–Crippen MR) is 71.7 cm³/mol. The Labute approximate surface area is 108 Å². The van der Waals surface area contributed by atoms with Gasteiger partial charge < -0.3 is 4.90 Å². The summed E-state index contributed by atoms with van der Waals surface area (Å²) in [6.45, 7) is 1.43. The molecule has 0 unspecified atom stereocenters. The lowest BCUT2D eigenvalue weighted by Crippen LogP contribution is -2.34. The summed E-state index contributed by atoms with van der Waals surface area (Å²) in [6, 6.07) is 5.30. The van der Waals surface area contributed by atoms with E-state index in [0.717, 1.165) is 18.5 Å². The smallest absolute Gasteiger partial charge is 0.164 e. The van der Waals surface area contributed by atoms with Crippen molar-refractivity contribution in [2.24, 2.45) is 0 Å². The van der Waals surface area contributed by atoms with Crippen molar-refractivity contribution in [3.63, 3.8) is 0 Å². The van der Waals surface area contributed by atoms with Crippen LogP contribution in [0.1, 0.15) is 49.4 Å². The first kappa shape index (κ1) is 13.1. The summed E-state index contributed by atoms with van der Waals surface area (Å²) in [4.78, 5) is 13.7. The molecule has 1 aromatic carbocycles. The van der Waals surface area contributed by atoms with Crippen molar-refractivity contribution in [3.8, 4) is 0 Å². The minimum atomic E-state index is -0.414. The van der Waals surface area contributed by atoms with E-state index in [1.54, 1.807) is 6.07 Å². The Balaban J connectivity index is 2.31. The van der Waals surface area contributed by atoms with Gasteiger partial charge in [0.05, 0.1) is 11.3 Å². The first-order valence-corrected chi connectivity index (χ1v) is 6.63. The number of hydrogen-bond acceptors (Lipinski definition) is 2. The van der Waals surface area contributed by atoms with E-state index in [9.17, 15) is 9.18 Å². The van der Waals surface area contributed by atoms with Gasteiger partial charge in [0.25, 0.3) is 0 Å². The second kappa shape index (κ2) is 5.51. The number of anilines is 1. The number of carbonyl (C=O) groups is 1. The van der Waals surface area contributed by atoms with E-state index in [1.165, 1.54) is 32.3 Å². The Morgan fingerprint density at radius 1 is 1.28 bits per heavy atom. The Hall–Kier alpha value is -1.38. The van der Waals surface area contributed by atoms with Crippen molar-refractivity contribution in [1.29, 1.82) is 0 Å². The molecule has 2 rings (SSSR count). The second-order valence-electron chi connectivity index (χ2n) is 5.09. The van der Waals surface area contributed by atoms with E-state index in [4.69, 9.17) is 0 Å². The molecule has 0 bridgehead atoms. The maximum atomic E-state index is 13.8. The predicted octanol–water partition coefficient (Wildman–Crippen LogP) is 3.80. The van der Waals surface area contributed by atoms with Gasteiger partial charge in [-0.05, 0) is 31.9 Å². The molecule has 0 aliphatic heterocycles. The summed E-state index contributed by atoms with van der Waals surface area (Å²) < 4.78 is 13.8. The molecule has 1 saturated carbocycles. The standard InChI is InChI=1S/C15H20FNO/c1-11(18)15-13(16)9-6-10-14(15)17(2)12-7-4-3-5-8-12/h6,9-10,12H,3-5,7-8H2,1-2H3. The van der Waals surface area contributed by atoms with Crippen LogP contribution in [0.25, 0.3) is 0 Å². The minimum Gasteiger partial charge on any atom is -0.371 e. The Bertz CT molecular complexity index is 438. The third-order valence-corrected chi connectivity index (χ3v) is 3.85. The van der Waals surface area contributed by atoms with Gasteiger partial charge in [0.15, 0.2) is 5.78 Å². The molecule has 1 aromatic rings. The lowest BCUT2D eigenvalue weighted by atomic mass is 9.93. The molecule has 3 heteroatoms. The molecule has 0 atom stereocenters. The topological polar surface area (TPSA) is 20.3 Å².